The first kappa shape index (κ1) is 14.1. The van der Waals surface area contributed by atoms with Crippen molar-refractivity contribution < 1.29 is 5.11 Å². The van der Waals surface area contributed by atoms with Gasteiger partial charge in [0.15, 0.2) is 0 Å². The molecular weight excluding hydrogens is 274 g/mol. The number of phenolic OH excluding ortho intramolecular Hbond substituents is 1. The van der Waals surface area contributed by atoms with Crippen LogP contribution < -0.4 is 16.0 Å². The van der Waals surface area contributed by atoms with E-state index >= 15 is 0 Å². The second-order valence-electron chi connectivity index (χ2n) is 5.14. The first-order chi connectivity index (χ1) is 10.8. The summed E-state index contributed by atoms with van der Waals surface area (Å²) in [6.07, 6.45) is 2.73. The first-order valence-electron chi connectivity index (χ1n) is 7.24. The van der Waals surface area contributed by atoms with Crippen LogP contribution in [0, 0.1) is 0 Å². The second kappa shape index (κ2) is 6.26. The molecule has 0 fully saturated rings. The average molecular weight is 293 g/mol. The summed E-state index contributed by atoms with van der Waals surface area (Å²) in [6.45, 7) is 0. The molecule has 1 heterocycles. The molecular formula is C18H19N3O. The van der Waals surface area contributed by atoms with E-state index in [0.29, 0.717) is 0 Å². The zero-order chi connectivity index (χ0) is 15.4. The lowest BCUT2D eigenvalue weighted by Gasteiger charge is -2.24. The van der Waals surface area contributed by atoms with Gasteiger partial charge < -0.3 is 21.1 Å². The molecule has 0 bridgehead atoms. The molecule has 4 nitrogen and oxygen atoms in total. The Balaban J connectivity index is 1.82. The smallest absolute Gasteiger partial charge is 0.123 e. The summed E-state index contributed by atoms with van der Waals surface area (Å²) in [5, 5.41) is 19.3. The van der Waals surface area contributed by atoms with Gasteiger partial charge in [-0.25, -0.2) is 0 Å². The van der Waals surface area contributed by atoms with Gasteiger partial charge >= 0.3 is 0 Å². The molecule has 0 radical (unpaired) electrons. The lowest BCUT2D eigenvalue weighted by Crippen LogP contribution is -2.32. The maximum Gasteiger partial charge on any atom is 0.123 e. The van der Waals surface area contributed by atoms with Crippen molar-refractivity contribution in [3.8, 4) is 5.75 Å². The van der Waals surface area contributed by atoms with Crippen LogP contribution in [0.15, 0.2) is 72.3 Å². The number of hydrogen-bond acceptors (Lipinski definition) is 4. The Bertz CT molecular complexity index is 703. The third kappa shape index (κ3) is 3.06. The number of aromatic hydroxyl groups is 1. The fourth-order valence-corrected chi connectivity index (χ4v) is 2.44. The number of benzene rings is 2. The van der Waals surface area contributed by atoms with E-state index in [1.807, 2.05) is 43.6 Å². The number of allylic oxidation sites excluding steroid dienone is 1. The standard InChI is InChI=1S/C18H19N3O/c1-19-18-16(11-13-5-3-2-4-6-13)21-17(12-20-18)14-7-9-15(22)10-8-14/h2-10,12,19-22H,11H2,1H3. The van der Waals surface area contributed by atoms with E-state index in [0.717, 1.165) is 29.2 Å². The van der Waals surface area contributed by atoms with Crippen molar-refractivity contribution in [3.63, 3.8) is 0 Å². The number of hydrogen-bond donors (Lipinski definition) is 4. The van der Waals surface area contributed by atoms with E-state index in [-0.39, 0.29) is 5.75 Å². The molecule has 0 amide bonds. The fraction of sp³-hybridized carbons (Fsp3) is 0.111. The fourth-order valence-electron chi connectivity index (χ4n) is 2.44. The van der Waals surface area contributed by atoms with Crippen LogP contribution in [0.25, 0.3) is 5.70 Å². The Kier molecular flexibility index (Phi) is 4.01. The summed E-state index contributed by atoms with van der Waals surface area (Å²) in [4.78, 5) is 0. The number of nitrogens with one attached hydrogen (secondary N) is 3. The maximum atomic E-state index is 9.41. The van der Waals surface area contributed by atoms with Crippen LogP contribution in [-0.4, -0.2) is 12.2 Å². The summed E-state index contributed by atoms with van der Waals surface area (Å²) in [6, 6.07) is 17.5. The second-order valence-corrected chi connectivity index (χ2v) is 5.14. The van der Waals surface area contributed by atoms with Crippen molar-refractivity contribution in [1.82, 2.24) is 16.0 Å². The van der Waals surface area contributed by atoms with Gasteiger partial charge in [-0.3, -0.25) is 0 Å². The number of rotatable bonds is 4. The molecule has 1 aliphatic heterocycles. The molecule has 22 heavy (non-hydrogen) atoms. The Labute approximate surface area is 130 Å². The van der Waals surface area contributed by atoms with Crippen molar-refractivity contribution >= 4 is 5.70 Å². The lowest BCUT2D eigenvalue weighted by atomic mass is 10.1. The molecule has 0 saturated heterocycles. The van der Waals surface area contributed by atoms with Gasteiger partial charge in [0.1, 0.15) is 11.6 Å². The van der Waals surface area contributed by atoms with Gasteiger partial charge in [-0.2, -0.15) is 0 Å². The van der Waals surface area contributed by atoms with Crippen LogP contribution in [0.2, 0.25) is 0 Å². The highest BCUT2D eigenvalue weighted by Crippen LogP contribution is 2.20. The van der Waals surface area contributed by atoms with Crippen LogP contribution in [0.3, 0.4) is 0 Å². The zero-order valence-corrected chi connectivity index (χ0v) is 12.4. The van der Waals surface area contributed by atoms with E-state index in [4.69, 9.17) is 0 Å². The van der Waals surface area contributed by atoms with E-state index in [1.54, 1.807) is 12.1 Å². The van der Waals surface area contributed by atoms with Crippen LogP contribution in [0.1, 0.15) is 11.1 Å². The molecule has 3 rings (SSSR count). The molecule has 0 atom stereocenters. The lowest BCUT2D eigenvalue weighted by molar-refractivity contribution is 0.475. The van der Waals surface area contributed by atoms with Gasteiger partial charge in [-0.15, -0.1) is 0 Å². The van der Waals surface area contributed by atoms with Crippen molar-refractivity contribution in [2.24, 2.45) is 0 Å². The van der Waals surface area contributed by atoms with Crippen molar-refractivity contribution in [3.05, 3.63) is 83.4 Å². The van der Waals surface area contributed by atoms with Gasteiger partial charge in [0.05, 0.1) is 11.4 Å². The van der Waals surface area contributed by atoms with Crippen molar-refractivity contribution in [2.75, 3.05) is 7.05 Å². The molecule has 0 aromatic heterocycles. The minimum Gasteiger partial charge on any atom is -0.508 e. The summed E-state index contributed by atoms with van der Waals surface area (Å²) in [5.41, 5.74) is 4.32. The molecule has 0 saturated carbocycles. The van der Waals surface area contributed by atoms with Gasteiger partial charge in [0.25, 0.3) is 0 Å². The Morgan fingerprint density at radius 2 is 1.73 bits per heavy atom. The first-order valence-corrected chi connectivity index (χ1v) is 7.24. The SMILES string of the molecule is CNC1=C(Cc2ccccc2)NC(c2ccc(O)cc2)=CN1. The Hall–Kier alpha value is -2.88. The zero-order valence-electron chi connectivity index (χ0n) is 12.4. The molecule has 0 spiro atoms. The normalized spacial score (nSPS) is 14.0. The summed E-state index contributed by atoms with van der Waals surface area (Å²) < 4.78 is 0. The van der Waals surface area contributed by atoms with Crippen molar-refractivity contribution in [2.45, 2.75) is 6.42 Å². The van der Waals surface area contributed by atoms with Crippen molar-refractivity contribution in [1.29, 1.82) is 0 Å². The van der Waals surface area contributed by atoms with Gasteiger partial charge in [0.2, 0.25) is 0 Å². The topological polar surface area (TPSA) is 56.3 Å². The molecule has 1 aliphatic rings. The van der Waals surface area contributed by atoms with Crippen LogP contribution in [0.4, 0.5) is 0 Å². The predicted octanol–water partition coefficient (Wildman–Crippen LogP) is 2.51. The highest BCUT2D eigenvalue weighted by atomic mass is 16.3. The van der Waals surface area contributed by atoms with E-state index in [1.165, 1.54) is 5.56 Å². The third-order valence-corrected chi connectivity index (χ3v) is 3.60. The van der Waals surface area contributed by atoms with Gasteiger partial charge in [-0.05, 0) is 35.4 Å². The average Bonchev–Trinajstić information content (AvgIpc) is 2.56. The minimum atomic E-state index is 0.268. The molecule has 112 valence electrons. The molecule has 2 aromatic rings. The minimum absolute atomic E-state index is 0.268. The van der Waals surface area contributed by atoms with Crippen LogP contribution >= 0.6 is 0 Å². The molecule has 2 aromatic carbocycles. The maximum absolute atomic E-state index is 9.41. The Morgan fingerprint density at radius 1 is 1.00 bits per heavy atom. The van der Waals surface area contributed by atoms with Gasteiger partial charge in [0, 0.05) is 19.7 Å². The Morgan fingerprint density at radius 3 is 2.41 bits per heavy atom. The van der Waals surface area contributed by atoms with E-state index in [2.05, 4.69) is 28.1 Å². The monoisotopic (exact) mass is 293 g/mol. The van der Waals surface area contributed by atoms with E-state index < -0.39 is 0 Å². The van der Waals surface area contributed by atoms with Crippen LogP contribution in [0.5, 0.6) is 5.75 Å². The molecule has 4 heteroatoms. The quantitative estimate of drug-likeness (QED) is 0.700. The highest BCUT2D eigenvalue weighted by molar-refractivity contribution is 5.67. The predicted molar refractivity (Wildman–Crippen MR) is 88.6 cm³/mol. The summed E-state index contributed by atoms with van der Waals surface area (Å²) in [5.74, 6) is 1.23. The summed E-state index contributed by atoms with van der Waals surface area (Å²) >= 11 is 0. The van der Waals surface area contributed by atoms with E-state index in [9.17, 15) is 5.11 Å². The van der Waals surface area contributed by atoms with Crippen LogP contribution in [-0.2, 0) is 6.42 Å². The highest BCUT2D eigenvalue weighted by Gasteiger charge is 2.14. The molecule has 4 N–H and O–H groups in total. The third-order valence-electron chi connectivity index (χ3n) is 3.60. The van der Waals surface area contributed by atoms with Gasteiger partial charge in [-0.1, -0.05) is 30.3 Å². The molecule has 0 aliphatic carbocycles. The number of phenols is 1. The molecule has 0 unspecified atom stereocenters. The largest absolute Gasteiger partial charge is 0.508 e. The summed E-state index contributed by atoms with van der Waals surface area (Å²) in [7, 11) is 1.90.